The number of anilines is 1. The maximum Gasteiger partial charge on any atom is 0.244 e. The lowest BCUT2D eigenvalue weighted by atomic mass is 10.0. The van der Waals surface area contributed by atoms with Gasteiger partial charge in [0, 0.05) is 19.5 Å². The zero-order valence-corrected chi connectivity index (χ0v) is 23.9. The molecule has 0 saturated carbocycles. The average Bonchev–Trinajstić information content (AvgIpc) is 2.86. The van der Waals surface area contributed by atoms with Crippen molar-refractivity contribution >= 4 is 50.7 Å². The third-order valence-corrected chi connectivity index (χ3v) is 7.81. The van der Waals surface area contributed by atoms with Crippen LogP contribution < -0.4 is 9.62 Å². The lowest BCUT2D eigenvalue weighted by Crippen LogP contribution is -2.53. The van der Waals surface area contributed by atoms with Crippen molar-refractivity contribution < 1.29 is 18.0 Å². The Bertz CT molecular complexity index is 1380. The van der Waals surface area contributed by atoms with Crippen molar-refractivity contribution in [2.75, 3.05) is 23.7 Å². The fraction of sp³-hybridized carbons (Fsp3) is 0.286. The van der Waals surface area contributed by atoms with Crippen LogP contribution in [0, 0.1) is 6.92 Å². The van der Waals surface area contributed by atoms with Crippen LogP contribution in [-0.4, -0.2) is 50.5 Å². The second kappa shape index (κ2) is 13.1. The van der Waals surface area contributed by atoms with E-state index in [1.807, 2.05) is 61.5 Å². The zero-order chi connectivity index (χ0) is 27.9. The number of rotatable bonds is 11. The molecule has 0 radical (unpaired) electrons. The SMILES string of the molecule is CCNC(=O)C(Cc1ccccc1)N(Cc1cccc(C)c1)C(=O)CN(c1ccc(Cl)c(Cl)c1)S(C)(=O)=O. The molecule has 0 aliphatic heterocycles. The maximum atomic E-state index is 13.9. The first-order valence-electron chi connectivity index (χ1n) is 12.1. The van der Waals surface area contributed by atoms with Gasteiger partial charge in [-0.05, 0) is 43.2 Å². The molecule has 202 valence electrons. The van der Waals surface area contributed by atoms with Gasteiger partial charge in [0.25, 0.3) is 0 Å². The summed E-state index contributed by atoms with van der Waals surface area (Å²) in [4.78, 5) is 28.7. The summed E-state index contributed by atoms with van der Waals surface area (Å²) < 4.78 is 26.5. The van der Waals surface area contributed by atoms with Gasteiger partial charge < -0.3 is 10.2 Å². The van der Waals surface area contributed by atoms with Crippen molar-refractivity contribution in [2.45, 2.75) is 32.9 Å². The summed E-state index contributed by atoms with van der Waals surface area (Å²) in [5, 5.41) is 3.25. The number of amides is 2. The minimum atomic E-state index is -3.89. The summed E-state index contributed by atoms with van der Waals surface area (Å²) in [5.41, 5.74) is 2.89. The number of hydrogen-bond acceptors (Lipinski definition) is 4. The van der Waals surface area contributed by atoms with E-state index in [0.29, 0.717) is 6.54 Å². The van der Waals surface area contributed by atoms with E-state index in [4.69, 9.17) is 23.2 Å². The number of benzene rings is 3. The quantitative estimate of drug-likeness (QED) is 0.354. The molecular weight excluding hydrogens is 545 g/mol. The van der Waals surface area contributed by atoms with Crippen molar-refractivity contribution in [3.63, 3.8) is 0 Å². The van der Waals surface area contributed by atoms with Crippen LogP contribution in [0.3, 0.4) is 0 Å². The molecule has 0 heterocycles. The number of halogens is 2. The molecular formula is C28H31Cl2N3O4S. The first kappa shape index (κ1) is 29.5. The maximum absolute atomic E-state index is 13.9. The molecule has 3 aromatic rings. The number of hydrogen-bond donors (Lipinski definition) is 1. The van der Waals surface area contributed by atoms with Gasteiger partial charge in [-0.3, -0.25) is 13.9 Å². The Morgan fingerprint density at radius 2 is 1.61 bits per heavy atom. The van der Waals surface area contributed by atoms with Gasteiger partial charge in [-0.2, -0.15) is 0 Å². The van der Waals surface area contributed by atoms with Crippen molar-refractivity contribution in [2.24, 2.45) is 0 Å². The molecule has 0 bridgehead atoms. The molecule has 10 heteroatoms. The van der Waals surface area contributed by atoms with Crippen LogP contribution >= 0.6 is 23.2 Å². The fourth-order valence-electron chi connectivity index (χ4n) is 4.11. The molecule has 0 spiro atoms. The van der Waals surface area contributed by atoms with Gasteiger partial charge in [0.15, 0.2) is 0 Å². The standard InChI is InChI=1S/C28H31Cl2N3O4S/c1-4-31-28(35)26(16-21-10-6-5-7-11-21)32(18-22-12-8-9-20(2)15-22)27(34)19-33(38(3,36)37)23-13-14-24(29)25(30)17-23/h5-15,17,26H,4,16,18-19H2,1-3H3,(H,31,35). The second-order valence-corrected chi connectivity index (χ2v) is 11.7. The van der Waals surface area contributed by atoms with E-state index >= 15 is 0 Å². The highest BCUT2D eigenvalue weighted by Crippen LogP contribution is 2.29. The van der Waals surface area contributed by atoms with Gasteiger partial charge in [0.05, 0.1) is 22.0 Å². The molecule has 0 saturated heterocycles. The van der Waals surface area contributed by atoms with Crippen LogP contribution in [-0.2, 0) is 32.6 Å². The lowest BCUT2D eigenvalue weighted by molar-refractivity contribution is -0.140. The van der Waals surface area contributed by atoms with Gasteiger partial charge in [0.1, 0.15) is 12.6 Å². The Morgan fingerprint density at radius 3 is 2.21 bits per heavy atom. The van der Waals surface area contributed by atoms with E-state index in [9.17, 15) is 18.0 Å². The molecule has 3 rings (SSSR count). The Kier molecular flexibility index (Phi) is 10.2. The second-order valence-electron chi connectivity index (χ2n) is 8.98. The predicted octanol–water partition coefficient (Wildman–Crippen LogP) is 4.84. The number of sulfonamides is 1. The number of aryl methyl sites for hydroxylation is 1. The highest BCUT2D eigenvalue weighted by atomic mass is 35.5. The van der Waals surface area contributed by atoms with Crippen molar-refractivity contribution in [3.8, 4) is 0 Å². The minimum absolute atomic E-state index is 0.119. The lowest BCUT2D eigenvalue weighted by Gasteiger charge is -2.33. The molecule has 0 aliphatic rings. The van der Waals surface area contributed by atoms with E-state index in [1.54, 1.807) is 6.92 Å². The molecule has 7 nitrogen and oxygen atoms in total. The van der Waals surface area contributed by atoms with Crippen LogP contribution in [0.4, 0.5) is 5.69 Å². The Labute approximate surface area is 234 Å². The number of carbonyl (C=O) groups excluding carboxylic acids is 2. The predicted molar refractivity (Wildman–Crippen MR) is 153 cm³/mol. The molecule has 38 heavy (non-hydrogen) atoms. The van der Waals surface area contributed by atoms with Gasteiger partial charge in [0.2, 0.25) is 21.8 Å². The molecule has 0 aliphatic carbocycles. The fourth-order valence-corrected chi connectivity index (χ4v) is 5.24. The van der Waals surface area contributed by atoms with Crippen LogP contribution in [0.1, 0.15) is 23.6 Å². The van der Waals surface area contributed by atoms with Crippen molar-refractivity contribution in [1.29, 1.82) is 0 Å². The van der Waals surface area contributed by atoms with E-state index in [0.717, 1.165) is 27.3 Å². The van der Waals surface area contributed by atoms with E-state index < -0.39 is 28.5 Å². The smallest absolute Gasteiger partial charge is 0.244 e. The van der Waals surface area contributed by atoms with Gasteiger partial charge in [-0.25, -0.2) is 8.42 Å². The summed E-state index contributed by atoms with van der Waals surface area (Å²) >= 11 is 12.2. The Hall–Kier alpha value is -3.07. The van der Waals surface area contributed by atoms with Crippen molar-refractivity contribution in [3.05, 3.63) is 99.5 Å². The Morgan fingerprint density at radius 1 is 0.921 bits per heavy atom. The average molecular weight is 577 g/mol. The third kappa shape index (κ3) is 7.96. The van der Waals surface area contributed by atoms with Crippen LogP contribution in [0.5, 0.6) is 0 Å². The molecule has 1 unspecified atom stereocenters. The minimum Gasteiger partial charge on any atom is -0.355 e. The van der Waals surface area contributed by atoms with E-state index in [2.05, 4.69) is 5.32 Å². The zero-order valence-electron chi connectivity index (χ0n) is 21.5. The van der Waals surface area contributed by atoms with Crippen molar-refractivity contribution in [1.82, 2.24) is 10.2 Å². The monoisotopic (exact) mass is 575 g/mol. The molecule has 0 aromatic heterocycles. The number of likely N-dealkylation sites (N-methyl/N-ethyl adjacent to an activating group) is 1. The first-order chi connectivity index (χ1) is 18.0. The topological polar surface area (TPSA) is 86.8 Å². The first-order valence-corrected chi connectivity index (χ1v) is 14.7. The van der Waals surface area contributed by atoms with Crippen LogP contribution in [0.25, 0.3) is 0 Å². The van der Waals surface area contributed by atoms with E-state index in [-0.39, 0.29) is 34.6 Å². The highest BCUT2D eigenvalue weighted by molar-refractivity contribution is 7.92. The van der Waals surface area contributed by atoms with E-state index in [1.165, 1.54) is 23.1 Å². The molecule has 1 N–H and O–H groups in total. The molecule has 2 amide bonds. The highest BCUT2D eigenvalue weighted by Gasteiger charge is 2.33. The number of nitrogens with zero attached hydrogens (tertiary/aromatic N) is 2. The molecule has 0 fully saturated rings. The summed E-state index contributed by atoms with van der Waals surface area (Å²) in [6, 6.07) is 20.5. The van der Waals surface area contributed by atoms with Crippen LogP contribution in [0.15, 0.2) is 72.8 Å². The molecule has 1 atom stereocenters. The summed E-state index contributed by atoms with van der Waals surface area (Å²) in [5.74, 6) is -0.854. The van der Waals surface area contributed by atoms with Gasteiger partial charge >= 0.3 is 0 Å². The largest absolute Gasteiger partial charge is 0.355 e. The van der Waals surface area contributed by atoms with Crippen LogP contribution in [0.2, 0.25) is 10.0 Å². The summed E-state index contributed by atoms with van der Waals surface area (Å²) in [6.07, 6.45) is 1.27. The van der Waals surface area contributed by atoms with Gasteiger partial charge in [-0.1, -0.05) is 83.4 Å². The summed E-state index contributed by atoms with van der Waals surface area (Å²) in [6.45, 7) is 3.73. The normalized spacial score (nSPS) is 12.0. The Balaban J connectivity index is 2.05. The summed E-state index contributed by atoms with van der Waals surface area (Å²) in [7, 11) is -3.89. The number of nitrogens with one attached hydrogen (secondary N) is 1. The number of carbonyl (C=O) groups is 2. The van der Waals surface area contributed by atoms with Gasteiger partial charge in [-0.15, -0.1) is 0 Å². The molecule has 3 aromatic carbocycles. The third-order valence-electron chi connectivity index (χ3n) is 5.93.